The number of ether oxygens (including phenoxy) is 2. The molecule has 0 aliphatic heterocycles. The first kappa shape index (κ1) is 13.7. The maximum absolute atomic E-state index is 13.0. The first-order valence-electron chi connectivity index (χ1n) is 4.62. The molecule has 0 amide bonds. The van der Waals surface area contributed by atoms with Crippen LogP contribution in [0.4, 0.5) is 22.0 Å². The third-order valence-corrected chi connectivity index (χ3v) is 1.77. The van der Waals surface area contributed by atoms with Gasteiger partial charge in [-0.15, -0.1) is 0 Å². The van der Waals surface area contributed by atoms with Gasteiger partial charge in [-0.3, -0.25) is 0 Å². The predicted octanol–water partition coefficient (Wildman–Crippen LogP) is 3.14. The minimum absolute atomic E-state index is 0.309. The second-order valence-corrected chi connectivity index (χ2v) is 3.38. The Morgan fingerprint density at radius 3 is 1.65 bits per heavy atom. The Hall–Kier alpha value is -1.37. The topological polar surface area (TPSA) is 18.5 Å². The van der Waals surface area contributed by atoms with Crippen molar-refractivity contribution in [3.05, 3.63) is 29.1 Å². The van der Waals surface area contributed by atoms with Crippen LogP contribution in [0.2, 0.25) is 0 Å². The molecule has 0 spiro atoms. The van der Waals surface area contributed by atoms with Crippen molar-refractivity contribution >= 4 is 0 Å². The summed E-state index contributed by atoms with van der Waals surface area (Å²) in [7, 11) is 0. The van der Waals surface area contributed by atoms with E-state index in [9.17, 15) is 22.0 Å². The molecule has 2 nitrogen and oxygen atoms in total. The molecular weight excluding hydrogens is 247 g/mol. The summed E-state index contributed by atoms with van der Waals surface area (Å²) in [6.07, 6.45) is -0.309. The Labute approximate surface area is 93.9 Å². The van der Waals surface area contributed by atoms with Crippen LogP contribution in [0.25, 0.3) is 0 Å². The van der Waals surface area contributed by atoms with E-state index in [1.807, 2.05) is 0 Å². The van der Waals surface area contributed by atoms with E-state index in [1.165, 1.54) is 0 Å². The zero-order valence-electron chi connectivity index (χ0n) is 8.99. The number of halogens is 5. The number of hydrogen-bond acceptors (Lipinski definition) is 2. The van der Waals surface area contributed by atoms with Crippen molar-refractivity contribution in [2.45, 2.75) is 20.0 Å². The molecule has 7 heteroatoms. The Morgan fingerprint density at radius 2 is 1.24 bits per heavy atom. The molecular formula is C10H9F5O2. The monoisotopic (exact) mass is 256 g/mol. The molecule has 0 saturated heterocycles. The second kappa shape index (κ2) is 5.31. The SMILES string of the molecule is CC(C)OCOc1c(F)c(F)c(F)c(F)c1F. The molecule has 0 aliphatic carbocycles. The Bertz CT molecular complexity index is 391. The molecule has 0 heterocycles. The van der Waals surface area contributed by atoms with Gasteiger partial charge >= 0.3 is 0 Å². The Kier molecular flexibility index (Phi) is 4.28. The number of hydrogen-bond donors (Lipinski definition) is 0. The lowest BCUT2D eigenvalue weighted by Gasteiger charge is -2.11. The van der Waals surface area contributed by atoms with E-state index in [1.54, 1.807) is 13.8 Å². The van der Waals surface area contributed by atoms with E-state index >= 15 is 0 Å². The smallest absolute Gasteiger partial charge is 0.207 e. The molecule has 96 valence electrons. The quantitative estimate of drug-likeness (QED) is 0.356. The molecule has 1 aromatic carbocycles. The van der Waals surface area contributed by atoms with Crippen LogP contribution in [0.3, 0.4) is 0 Å². The molecule has 0 aromatic heterocycles. The summed E-state index contributed by atoms with van der Waals surface area (Å²) in [5.41, 5.74) is 0. The van der Waals surface area contributed by atoms with Crippen LogP contribution in [0.5, 0.6) is 5.75 Å². The molecule has 0 N–H and O–H groups in total. The molecule has 0 atom stereocenters. The average Bonchev–Trinajstić information content (AvgIpc) is 2.28. The summed E-state index contributed by atoms with van der Waals surface area (Å²) in [6, 6.07) is 0. The van der Waals surface area contributed by atoms with Crippen LogP contribution < -0.4 is 4.74 Å². The van der Waals surface area contributed by atoms with Crippen LogP contribution in [0.1, 0.15) is 13.8 Å². The van der Waals surface area contributed by atoms with Gasteiger partial charge < -0.3 is 9.47 Å². The van der Waals surface area contributed by atoms with Gasteiger partial charge in [0.25, 0.3) is 0 Å². The summed E-state index contributed by atoms with van der Waals surface area (Å²) < 4.78 is 73.2. The summed E-state index contributed by atoms with van der Waals surface area (Å²) in [5.74, 6) is -11.7. The van der Waals surface area contributed by atoms with Gasteiger partial charge in [0.1, 0.15) is 0 Å². The average molecular weight is 256 g/mol. The zero-order valence-corrected chi connectivity index (χ0v) is 8.99. The van der Waals surface area contributed by atoms with Crippen LogP contribution in [0.15, 0.2) is 0 Å². The zero-order chi connectivity index (χ0) is 13.2. The minimum atomic E-state index is -2.22. The normalized spacial score (nSPS) is 11.1. The lowest BCUT2D eigenvalue weighted by molar-refractivity contribution is -0.0241. The minimum Gasteiger partial charge on any atom is -0.461 e. The van der Waals surface area contributed by atoms with E-state index in [0.717, 1.165) is 0 Å². The van der Waals surface area contributed by atoms with Gasteiger partial charge in [0.15, 0.2) is 12.5 Å². The first-order valence-corrected chi connectivity index (χ1v) is 4.62. The summed E-state index contributed by atoms with van der Waals surface area (Å²) in [6.45, 7) is 2.61. The Balaban J connectivity index is 2.99. The molecule has 0 saturated carbocycles. The molecule has 0 unspecified atom stereocenters. The van der Waals surface area contributed by atoms with E-state index in [2.05, 4.69) is 4.74 Å². The maximum Gasteiger partial charge on any atom is 0.207 e. The number of rotatable bonds is 4. The predicted molar refractivity (Wildman–Crippen MR) is 47.9 cm³/mol. The fraction of sp³-hybridized carbons (Fsp3) is 0.400. The van der Waals surface area contributed by atoms with Crippen molar-refractivity contribution in [3.8, 4) is 5.75 Å². The van der Waals surface area contributed by atoms with E-state index < -0.39 is 41.6 Å². The number of benzene rings is 1. The van der Waals surface area contributed by atoms with Gasteiger partial charge in [-0.25, -0.2) is 13.2 Å². The lowest BCUT2D eigenvalue weighted by atomic mass is 10.3. The highest BCUT2D eigenvalue weighted by atomic mass is 19.2. The third-order valence-electron chi connectivity index (χ3n) is 1.77. The molecule has 0 bridgehead atoms. The molecule has 1 rings (SSSR count). The van der Waals surface area contributed by atoms with Gasteiger partial charge in [0, 0.05) is 0 Å². The fourth-order valence-electron chi connectivity index (χ4n) is 0.941. The van der Waals surface area contributed by atoms with Crippen molar-refractivity contribution in [3.63, 3.8) is 0 Å². The molecule has 0 fully saturated rings. The van der Waals surface area contributed by atoms with Crippen LogP contribution >= 0.6 is 0 Å². The van der Waals surface area contributed by atoms with Gasteiger partial charge in [-0.1, -0.05) is 0 Å². The van der Waals surface area contributed by atoms with Crippen LogP contribution in [0, 0.1) is 29.1 Å². The van der Waals surface area contributed by atoms with Gasteiger partial charge in [0.05, 0.1) is 6.10 Å². The van der Waals surface area contributed by atoms with E-state index in [0.29, 0.717) is 0 Å². The van der Waals surface area contributed by atoms with Gasteiger partial charge in [-0.2, -0.15) is 8.78 Å². The van der Waals surface area contributed by atoms with E-state index in [-0.39, 0.29) is 6.10 Å². The standard InChI is InChI=1S/C10H9F5O2/c1-4(2)16-3-17-10-8(14)6(12)5(11)7(13)9(10)15/h4H,3H2,1-2H3. The van der Waals surface area contributed by atoms with Crippen LogP contribution in [-0.2, 0) is 4.74 Å². The van der Waals surface area contributed by atoms with Crippen molar-refractivity contribution in [1.29, 1.82) is 0 Å². The highest BCUT2D eigenvalue weighted by molar-refractivity contribution is 5.29. The highest BCUT2D eigenvalue weighted by Crippen LogP contribution is 2.28. The van der Waals surface area contributed by atoms with Gasteiger partial charge in [-0.05, 0) is 13.8 Å². The Morgan fingerprint density at radius 1 is 0.824 bits per heavy atom. The second-order valence-electron chi connectivity index (χ2n) is 3.38. The van der Waals surface area contributed by atoms with Crippen molar-refractivity contribution in [2.75, 3.05) is 6.79 Å². The van der Waals surface area contributed by atoms with Crippen molar-refractivity contribution in [1.82, 2.24) is 0 Å². The third kappa shape index (κ3) is 2.85. The van der Waals surface area contributed by atoms with Crippen LogP contribution in [-0.4, -0.2) is 12.9 Å². The van der Waals surface area contributed by atoms with E-state index in [4.69, 9.17) is 4.74 Å². The van der Waals surface area contributed by atoms with Crippen molar-refractivity contribution in [2.24, 2.45) is 0 Å². The molecule has 1 aromatic rings. The first-order chi connectivity index (χ1) is 7.86. The summed E-state index contributed by atoms with van der Waals surface area (Å²) in [5, 5.41) is 0. The molecule has 0 radical (unpaired) electrons. The van der Waals surface area contributed by atoms with Crippen molar-refractivity contribution < 1.29 is 31.4 Å². The van der Waals surface area contributed by atoms with Gasteiger partial charge in [0.2, 0.25) is 29.1 Å². The molecule has 17 heavy (non-hydrogen) atoms. The largest absolute Gasteiger partial charge is 0.461 e. The maximum atomic E-state index is 13.0. The summed E-state index contributed by atoms with van der Waals surface area (Å²) in [4.78, 5) is 0. The molecule has 0 aliphatic rings. The highest BCUT2D eigenvalue weighted by Gasteiger charge is 2.26. The fourth-order valence-corrected chi connectivity index (χ4v) is 0.941. The lowest BCUT2D eigenvalue weighted by Crippen LogP contribution is -2.13. The summed E-state index contributed by atoms with van der Waals surface area (Å²) >= 11 is 0.